The van der Waals surface area contributed by atoms with Crippen LogP contribution in [0.5, 0.6) is 11.5 Å². The van der Waals surface area contributed by atoms with Crippen LogP contribution in [0, 0.1) is 0 Å². The number of aliphatic hydroxyl groups is 1. The van der Waals surface area contributed by atoms with Gasteiger partial charge in [0.15, 0.2) is 17.6 Å². The quantitative estimate of drug-likeness (QED) is 0.419. The summed E-state index contributed by atoms with van der Waals surface area (Å²) >= 11 is 0. The lowest BCUT2D eigenvalue weighted by atomic mass is 9.49. The summed E-state index contributed by atoms with van der Waals surface area (Å²) in [5.74, 6) is 1.59. The van der Waals surface area contributed by atoms with Crippen molar-refractivity contribution in [2.24, 2.45) is 0 Å². The molecule has 2 aliphatic carbocycles. The fourth-order valence-corrected chi connectivity index (χ4v) is 8.23. The minimum Gasteiger partial charge on any atom is -0.493 e. The summed E-state index contributed by atoms with van der Waals surface area (Å²) < 4.78 is 15.3. The summed E-state index contributed by atoms with van der Waals surface area (Å²) in [4.78, 5) is 2.38. The predicted molar refractivity (Wildman–Crippen MR) is 147 cm³/mol. The molecule has 0 unspecified atom stereocenters. The maximum atomic E-state index is 13.0. The molecule has 4 aliphatic rings. The van der Waals surface area contributed by atoms with Gasteiger partial charge in [-0.2, -0.15) is 0 Å². The first-order valence-electron chi connectivity index (χ1n) is 13.7. The predicted octanol–water partition coefficient (Wildman–Crippen LogP) is 5.13. The second-order valence-electron chi connectivity index (χ2n) is 11.5. The maximum Gasteiger partial charge on any atom is 0.166 e. The minimum absolute atomic E-state index is 0.0310. The Hall–Kier alpha value is -3.54. The van der Waals surface area contributed by atoms with Gasteiger partial charge in [-0.05, 0) is 54.8 Å². The van der Waals surface area contributed by atoms with Gasteiger partial charge in [0.1, 0.15) is 0 Å². The molecular formula is C33H32N2O3. The molecule has 192 valence electrons. The van der Waals surface area contributed by atoms with Gasteiger partial charge in [-0.1, -0.05) is 66.7 Å². The lowest BCUT2D eigenvalue weighted by molar-refractivity contribution is -0.168. The highest BCUT2D eigenvalue weighted by atomic mass is 16.5. The number of fused-ring (bicyclic) bond motifs is 2. The van der Waals surface area contributed by atoms with Crippen molar-refractivity contribution in [3.63, 3.8) is 0 Å². The molecule has 4 atom stereocenters. The number of nitrogens with zero attached hydrogens (tertiary/aromatic N) is 2. The van der Waals surface area contributed by atoms with Crippen LogP contribution < -0.4 is 9.47 Å². The van der Waals surface area contributed by atoms with Crippen molar-refractivity contribution in [2.75, 3.05) is 20.7 Å². The summed E-state index contributed by atoms with van der Waals surface area (Å²) in [6.45, 7) is 1.69. The van der Waals surface area contributed by atoms with Crippen LogP contribution >= 0.6 is 0 Å². The van der Waals surface area contributed by atoms with Crippen molar-refractivity contribution in [3.05, 3.63) is 107 Å². The lowest BCUT2D eigenvalue weighted by Crippen LogP contribution is -2.74. The van der Waals surface area contributed by atoms with Gasteiger partial charge >= 0.3 is 0 Å². The Bertz CT molecular complexity index is 1560. The van der Waals surface area contributed by atoms with Crippen LogP contribution in [0.25, 0.3) is 11.1 Å². The molecule has 1 saturated heterocycles. The topological polar surface area (TPSA) is 46.9 Å². The minimum atomic E-state index is -0.940. The van der Waals surface area contributed by atoms with Crippen LogP contribution in [0.2, 0.25) is 0 Å². The standard InChI is InChI=1S/C33H32N2O3/c1-34-16-15-32-28-23-13-14-26(37-2)30(28)38-31(32)29-24(18-33(32,36)27(34)17-23)25(22-11-7-4-8-12-22)20-35(29)19-21-9-5-3-6-10-21/h3-14,20,27,31,36H,15-19H2,1-2H3/t27-,31+,32+,33-/m1/s1. The van der Waals surface area contributed by atoms with Gasteiger partial charge in [-0.25, -0.2) is 0 Å². The van der Waals surface area contributed by atoms with Crippen LogP contribution in [0.4, 0.5) is 0 Å². The Labute approximate surface area is 223 Å². The van der Waals surface area contributed by atoms with E-state index >= 15 is 0 Å². The van der Waals surface area contributed by atoms with Crippen LogP contribution in [0.1, 0.15) is 40.5 Å². The van der Waals surface area contributed by atoms with Crippen molar-refractivity contribution in [1.29, 1.82) is 0 Å². The number of benzene rings is 3. The molecule has 3 aromatic carbocycles. The van der Waals surface area contributed by atoms with E-state index in [4.69, 9.17) is 9.47 Å². The molecule has 2 aliphatic heterocycles. The first-order valence-corrected chi connectivity index (χ1v) is 13.7. The van der Waals surface area contributed by atoms with Crippen molar-refractivity contribution in [3.8, 4) is 22.6 Å². The smallest absolute Gasteiger partial charge is 0.166 e. The molecule has 0 saturated carbocycles. The van der Waals surface area contributed by atoms with Gasteiger partial charge in [-0.3, -0.25) is 0 Å². The zero-order valence-corrected chi connectivity index (χ0v) is 21.9. The number of likely N-dealkylation sites (N-methyl/N-ethyl adjacent to an activating group) is 1. The summed E-state index contributed by atoms with van der Waals surface area (Å²) in [6, 6.07) is 25.5. The summed E-state index contributed by atoms with van der Waals surface area (Å²) in [6.07, 6.45) is 4.30. The number of aromatic nitrogens is 1. The highest BCUT2D eigenvalue weighted by molar-refractivity contribution is 5.73. The third-order valence-corrected chi connectivity index (χ3v) is 9.89. The van der Waals surface area contributed by atoms with Gasteiger partial charge in [0, 0.05) is 36.3 Å². The molecule has 3 heterocycles. The number of ether oxygens (including phenoxy) is 2. The Morgan fingerprint density at radius 3 is 2.55 bits per heavy atom. The van der Waals surface area contributed by atoms with Crippen LogP contribution in [-0.4, -0.2) is 46.9 Å². The Morgan fingerprint density at radius 2 is 1.79 bits per heavy atom. The van der Waals surface area contributed by atoms with E-state index in [-0.39, 0.29) is 12.1 Å². The van der Waals surface area contributed by atoms with E-state index in [0.717, 1.165) is 37.4 Å². The fourth-order valence-electron chi connectivity index (χ4n) is 8.23. The second-order valence-corrected chi connectivity index (χ2v) is 11.5. The average Bonchev–Trinajstić information content (AvgIpc) is 3.46. The van der Waals surface area contributed by atoms with E-state index < -0.39 is 11.0 Å². The van der Waals surface area contributed by atoms with Crippen molar-refractivity contribution >= 4 is 0 Å². The van der Waals surface area contributed by atoms with Crippen molar-refractivity contribution in [1.82, 2.24) is 9.47 Å². The average molecular weight is 505 g/mol. The lowest BCUT2D eigenvalue weighted by Gasteiger charge is -2.62. The number of methoxy groups -OCH3 is 1. The van der Waals surface area contributed by atoms with Gasteiger partial charge < -0.3 is 24.0 Å². The Kier molecular flexibility index (Phi) is 4.58. The molecule has 5 nitrogen and oxygen atoms in total. The first-order chi connectivity index (χ1) is 18.5. The zero-order valence-electron chi connectivity index (χ0n) is 21.9. The molecule has 1 aromatic heterocycles. The van der Waals surface area contributed by atoms with Crippen molar-refractivity contribution < 1.29 is 14.6 Å². The number of hydrogen-bond donors (Lipinski definition) is 1. The Morgan fingerprint density at radius 1 is 1.03 bits per heavy atom. The molecule has 1 N–H and O–H groups in total. The van der Waals surface area contributed by atoms with Crippen LogP contribution in [0.15, 0.2) is 79.0 Å². The van der Waals surface area contributed by atoms with Gasteiger partial charge in [-0.15, -0.1) is 0 Å². The molecule has 1 fully saturated rings. The molecule has 0 amide bonds. The van der Waals surface area contributed by atoms with E-state index in [9.17, 15) is 5.11 Å². The molecule has 5 heteroatoms. The summed E-state index contributed by atoms with van der Waals surface area (Å²) in [5.41, 5.74) is 7.07. The number of hydrogen-bond acceptors (Lipinski definition) is 4. The summed E-state index contributed by atoms with van der Waals surface area (Å²) in [5, 5.41) is 13.0. The third-order valence-electron chi connectivity index (χ3n) is 9.89. The van der Waals surface area contributed by atoms with E-state index in [1.54, 1.807) is 7.11 Å². The monoisotopic (exact) mass is 504 g/mol. The number of rotatable bonds is 4. The van der Waals surface area contributed by atoms with E-state index in [0.29, 0.717) is 6.42 Å². The molecular weight excluding hydrogens is 472 g/mol. The number of piperidine rings is 1. The highest BCUT2D eigenvalue weighted by Crippen LogP contribution is 2.69. The highest BCUT2D eigenvalue weighted by Gasteiger charge is 2.72. The Balaban J connectivity index is 1.42. The summed E-state index contributed by atoms with van der Waals surface area (Å²) in [7, 11) is 3.88. The van der Waals surface area contributed by atoms with Gasteiger partial charge in [0.2, 0.25) is 0 Å². The molecule has 0 radical (unpaired) electrons. The van der Waals surface area contributed by atoms with Crippen LogP contribution in [-0.2, 0) is 24.8 Å². The molecule has 1 spiro atoms. The molecule has 38 heavy (non-hydrogen) atoms. The second kappa shape index (κ2) is 7.75. The van der Waals surface area contributed by atoms with Gasteiger partial charge in [0.25, 0.3) is 0 Å². The normalized spacial score (nSPS) is 28.4. The van der Waals surface area contributed by atoms with E-state index in [1.807, 2.05) is 6.07 Å². The zero-order chi connectivity index (χ0) is 25.6. The molecule has 8 rings (SSSR count). The number of likely N-dealkylation sites (tertiary alicyclic amines) is 1. The first kappa shape index (κ1) is 22.4. The third kappa shape index (κ3) is 2.68. The molecule has 4 aromatic rings. The van der Waals surface area contributed by atoms with E-state index in [2.05, 4.69) is 89.4 Å². The SMILES string of the molecule is COc1ccc2c3c1O[C@H]1c4c(c(-c5ccccc5)cn4Cc4ccccc4)C[C@@]4(O)[C@@H](C2)N(C)CC[C@]314. The van der Waals surface area contributed by atoms with Crippen LogP contribution in [0.3, 0.4) is 0 Å². The van der Waals surface area contributed by atoms with E-state index in [1.165, 1.54) is 39.1 Å². The molecule has 2 bridgehead atoms. The van der Waals surface area contributed by atoms with Crippen molar-refractivity contribution in [2.45, 2.75) is 49.0 Å². The van der Waals surface area contributed by atoms with Gasteiger partial charge in [0.05, 0.1) is 23.8 Å². The largest absolute Gasteiger partial charge is 0.493 e. The maximum absolute atomic E-state index is 13.0. The fraction of sp³-hybridized carbons (Fsp3) is 0.333.